The summed E-state index contributed by atoms with van der Waals surface area (Å²) >= 11 is 1.61. The third-order valence-corrected chi connectivity index (χ3v) is 3.61. The molecule has 0 spiro atoms. The van der Waals surface area contributed by atoms with Gasteiger partial charge in [0.15, 0.2) is 0 Å². The molecule has 1 aromatic carbocycles. The summed E-state index contributed by atoms with van der Waals surface area (Å²) in [6.07, 6.45) is 0.645. The van der Waals surface area contributed by atoms with E-state index in [1.165, 1.54) is 12.1 Å². The number of hydrogen-bond acceptors (Lipinski definition) is 2. The average molecular weight is 233 g/mol. The molecule has 1 unspecified atom stereocenters. The van der Waals surface area contributed by atoms with Gasteiger partial charge in [-0.25, -0.2) is 4.39 Å². The molecule has 0 fully saturated rings. The van der Waals surface area contributed by atoms with E-state index in [9.17, 15) is 4.39 Å². The van der Waals surface area contributed by atoms with Crippen LogP contribution in [0.1, 0.15) is 24.3 Å². The van der Waals surface area contributed by atoms with Crippen molar-refractivity contribution in [1.29, 1.82) is 0 Å². The number of benzene rings is 1. The first-order chi connectivity index (χ1) is 7.70. The van der Waals surface area contributed by atoms with Crippen molar-refractivity contribution in [2.24, 2.45) is 5.73 Å². The van der Waals surface area contributed by atoms with Gasteiger partial charge in [-0.05, 0) is 36.6 Å². The molecule has 0 aliphatic heterocycles. The normalized spacial score (nSPS) is 12.2. The molecule has 3 heteroatoms. The number of halogens is 1. The zero-order chi connectivity index (χ0) is 11.5. The van der Waals surface area contributed by atoms with Gasteiger partial charge in [-0.2, -0.15) is 0 Å². The van der Waals surface area contributed by atoms with Crippen LogP contribution in [0, 0.1) is 17.7 Å². The monoisotopic (exact) mass is 233 g/mol. The number of thiophene rings is 1. The summed E-state index contributed by atoms with van der Waals surface area (Å²) < 4.78 is 14.1. The minimum absolute atomic E-state index is 0.0760. The van der Waals surface area contributed by atoms with Crippen molar-refractivity contribution in [3.8, 4) is 11.8 Å². The SMILES string of the molecule is CC#CCC(N)c1cc2cc(F)ccc2s1. The molecule has 0 bridgehead atoms. The summed E-state index contributed by atoms with van der Waals surface area (Å²) in [6, 6.07) is 6.67. The lowest BCUT2D eigenvalue weighted by atomic mass is 10.1. The average Bonchev–Trinajstić information content (AvgIpc) is 2.68. The maximum atomic E-state index is 13.0. The predicted octanol–water partition coefficient (Wildman–Crippen LogP) is 3.45. The van der Waals surface area contributed by atoms with Crippen LogP contribution in [-0.2, 0) is 0 Å². The fourth-order valence-electron chi connectivity index (χ4n) is 1.53. The molecule has 82 valence electrons. The van der Waals surface area contributed by atoms with E-state index >= 15 is 0 Å². The van der Waals surface area contributed by atoms with E-state index in [2.05, 4.69) is 11.8 Å². The minimum atomic E-state index is -0.209. The Balaban J connectivity index is 2.34. The molecule has 1 nitrogen and oxygen atoms in total. The summed E-state index contributed by atoms with van der Waals surface area (Å²) in [5.41, 5.74) is 6.00. The van der Waals surface area contributed by atoms with Crippen LogP contribution in [-0.4, -0.2) is 0 Å². The summed E-state index contributed by atoms with van der Waals surface area (Å²) in [4.78, 5) is 1.06. The Labute approximate surface area is 98.1 Å². The number of nitrogens with two attached hydrogens (primary N) is 1. The molecule has 0 aliphatic rings. The van der Waals surface area contributed by atoms with Crippen LogP contribution in [0.5, 0.6) is 0 Å². The maximum Gasteiger partial charge on any atom is 0.123 e. The molecule has 16 heavy (non-hydrogen) atoms. The van der Waals surface area contributed by atoms with Crippen LogP contribution < -0.4 is 5.73 Å². The Hall–Kier alpha value is -1.37. The van der Waals surface area contributed by atoms with Crippen LogP contribution in [0.4, 0.5) is 4.39 Å². The first-order valence-electron chi connectivity index (χ1n) is 5.05. The molecule has 0 aliphatic carbocycles. The van der Waals surface area contributed by atoms with Gasteiger partial charge in [0.2, 0.25) is 0 Å². The van der Waals surface area contributed by atoms with Crippen molar-refractivity contribution in [2.75, 3.05) is 0 Å². The molecule has 1 aromatic heterocycles. The lowest BCUT2D eigenvalue weighted by Gasteiger charge is -2.02. The minimum Gasteiger partial charge on any atom is -0.322 e. The van der Waals surface area contributed by atoms with Gasteiger partial charge in [-0.1, -0.05) is 0 Å². The molecule has 1 atom stereocenters. The van der Waals surface area contributed by atoms with Gasteiger partial charge in [0, 0.05) is 16.0 Å². The van der Waals surface area contributed by atoms with Gasteiger partial charge in [0.05, 0.1) is 6.04 Å². The first kappa shape index (κ1) is 11.1. The third-order valence-electron chi connectivity index (χ3n) is 2.36. The van der Waals surface area contributed by atoms with E-state index < -0.39 is 0 Å². The molecule has 2 rings (SSSR count). The van der Waals surface area contributed by atoms with Crippen LogP contribution in [0.15, 0.2) is 24.3 Å². The van der Waals surface area contributed by atoms with Crippen molar-refractivity contribution >= 4 is 21.4 Å². The molecular formula is C13H12FNS. The summed E-state index contributed by atoms with van der Waals surface area (Å²) in [6.45, 7) is 1.80. The van der Waals surface area contributed by atoms with Gasteiger partial charge in [-0.3, -0.25) is 0 Å². The second kappa shape index (κ2) is 4.65. The van der Waals surface area contributed by atoms with Gasteiger partial charge in [-0.15, -0.1) is 23.2 Å². The Morgan fingerprint density at radius 1 is 1.44 bits per heavy atom. The van der Waals surface area contributed by atoms with Crippen molar-refractivity contribution in [3.05, 3.63) is 35.0 Å². The van der Waals surface area contributed by atoms with Gasteiger partial charge in [0.1, 0.15) is 5.82 Å². The van der Waals surface area contributed by atoms with Crippen molar-refractivity contribution < 1.29 is 4.39 Å². The van der Waals surface area contributed by atoms with Crippen molar-refractivity contribution in [2.45, 2.75) is 19.4 Å². The lowest BCUT2D eigenvalue weighted by molar-refractivity contribution is 0.630. The second-order valence-corrected chi connectivity index (χ2v) is 4.68. The van der Waals surface area contributed by atoms with E-state index in [0.29, 0.717) is 6.42 Å². The van der Waals surface area contributed by atoms with Crippen molar-refractivity contribution in [1.82, 2.24) is 0 Å². The maximum absolute atomic E-state index is 13.0. The fourth-order valence-corrected chi connectivity index (χ4v) is 2.58. The van der Waals surface area contributed by atoms with Gasteiger partial charge >= 0.3 is 0 Å². The van der Waals surface area contributed by atoms with Crippen LogP contribution in [0.25, 0.3) is 10.1 Å². The quantitative estimate of drug-likeness (QED) is 0.790. The topological polar surface area (TPSA) is 26.0 Å². The highest BCUT2D eigenvalue weighted by molar-refractivity contribution is 7.19. The van der Waals surface area contributed by atoms with E-state index in [-0.39, 0.29) is 11.9 Å². The van der Waals surface area contributed by atoms with E-state index in [1.807, 2.05) is 6.07 Å². The highest BCUT2D eigenvalue weighted by Gasteiger charge is 2.09. The predicted molar refractivity (Wildman–Crippen MR) is 66.8 cm³/mol. The van der Waals surface area contributed by atoms with Gasteiger partial charge < -0.3 is 5.73 Å². The Morgan fingerprint density at radius 2 is 2.25 bits per heavy atom. The van der Waals surface area contributed by atoms with Crippen LogP contribution >= 0.6 is 11.3 Å². The lowest BCUT2D eigenvalue weighted by Crippen LogP contribution is -2.06. The number of rotatable bonds is 2. The first-order valence-corrected chi connectivity index (χ1v) is 5.86. The van der Waals surface area contributed by atoms with Gasteiger partial charge in [0.25, 0.3) is 0 Å². The van der Waals surface area contributed by atoms with Crippen LogP contribution in [0.3, 0.4) is 0 Å². The molecule has 2 aromatic rings. The Morgan fingerprint density at radius 3 is 3.00 bits per heavy atom. The molecule has 0 saturated carbocycles. The third kappa shape index (κ3) is 2.24. The smallest absolute Gasteiger partial charge is 0.123 e. The summed E-state index contributed by atoms with van der Waals surface area (Å²) in [5, 5.41) is 0.917. The summed E-state index contributed by atoms with van der Waals surface area (Å²) in [5.74, 6) is 5.58. The largest absolute Gasteiger partial charge is 0.322 e. The molecular weight excluding hydrogens is 221 g/mol. The number of fused-ring (bicyclic) bond motifs is 1. The van der Waals surface area contributed by atoms with E-state index in [1.54, 1.807) is 24.3 Å². The summed E-state index contributed by atoms with van der Waals surface area (Å²) in [7, 11) is 0. The molecule has 0 amide bonds. The zero-order valence-electron chi connectivity index (χ0n) is 8.96. The Bertz CT molecular complexity index is 562. The standard InChI is InChI=1S/C13H12FNS/c1-2-3-4-11(15)13-8-9-7-10(14)5-6-12(9)16-13/h5-8,11H,4,15H2,1H3. The molecule has 2 N–H and O–H groups in total. The van der Waals surface area contributed by atoms with Crippen LogP contribution in [0.2, 0.25) is 0 Å². The highest BCUT2D eigenvalue weighted by atomic mass is 32.1. The Kier molecular flexibility index (Phi) is 3.23. The van der Waals surface area contributed by atoms with Crippen molar-refractivity contribution in [3.63, 3.8) is 0 Å². The van der Waals surface area contributed by atoms with E-state index in [4.69, 9.17) is 5.73 Å². The fraction of sp³-hybridized carbons (Fsp3) is 0.231. The van der Waals surface area contributed by atoms with E-state index in [0.717, 1.165) is 15.0 Å². The second-order valence-electron chi connectivity index (χ2n) is 3.57. The molecule has 1 heterocycles. The highest BCUT2D eigenvalue weighted by Crippen LogP contribution is 2.30. The molecule has 0 saturated heterocycles. The zero-order valence-corrected chi connectivity index (χ0v) is 9.77. The molecule has 0 radical (unpaired) electrons. The number of hydrogen-bond donors (Lipinski definition) is 1.